The molecule has 0 aromatic heterocycles. The number of anilines is 1. The first-order valence-electron chi connectivity index (χ1n) is 9.13. The molecule has 2 rings (SSSR count). The third kappa shape index (κ3) is 6.55. The van der Waals surface area contributed by atoms with Crippen LogP contribution >= 0.6 is 0 Å². The Morgan fingerprint density at radius 1 is 1.03 bits per heavy atom. The first kappa shape index (κ1) is 22.3. The van der Waals surface area contributed by atoms with E-state index in [4.69, 9.17) is 0 Å². The molecule has 8 heteroatoms. The lowest BCUT2D eigenvalue weighted by atomic mass is 10.1. The Labute approximate surface area is 170 Å². The Kier molecular flexibility index (Phi) is 8.11. The van der Waals surface area contributed by atoms with Crippen LogP contribution in [0.5, 0.6) is 0 Å². The molecule has 2 aromatic carbocycles. The van der Waals surface area contributed by atoms with Crippen molar-refractivity contribution in [2.75, 3.05) is 19.0 Å². The molecule has 29 heavy (non-hydrogen) atoms. The Hall–Kier alpha value is -2.97. The highest BCUT2D eigenvalue weighted by molar-refractivity contribution is 7.89. The average molecular weight is 416 g/mol. The molecule has 0 aliphatic carbocycles. The molecule has 0 saturated carbocycles. The second-order valence-corrected chi connectivity index (χ2v) is 7.91. The number of esters is 1. The quantitative estimate of drug-likeness (QED) is 0.372. The van der Waals surface area contributed by atoms with E-state index < -0.39 is 21.9 Å². The van der Waals surface area contributed by atoms with Crippen LogP contribution in [-0.2, 0) is 24.3 Å². The first-order chi connectivity index (χ1) is 13.9. The van der Waals surface area contributed by atoms with Gasteiger partial charge in [-0.05, 0) is 30.2 Å². The number of benzene rings is 2. The normalized spacial score (nSPS) is 11.4. The summed E-state index contributed by atoms with van der Waals surface area (Å²) in [6.07, 6.45) is 3.76. The van der Waals surface area contributed by atoms with Gasteiger partial charge in [0.1, 0.15) is 0 Å². The molecule has 0 aliphatic heterocycles. The van der Waals surface area contributed by atoms with Crippen LogP contribution in [0.4, 0.5) is 5.69 Å². The molecule has 0 heterocycles. The minimum atomic E-state index is -3.63. The summed E-state index contributed by atoms with van der Waals surface area (Å²) in [5, 5.41) is 2.62. The first-order valence-corrected chi connectivity index (χ1v) is 10.6. The van der Waals surface area contributed by atoms with Gasteiger partial charge in [-0.2, -0.15) is 0 Å². The summed E-state index contributed by atoms with van der Waals surface area (Å²) >= 11 is 0. The minimum absolute atomic E-state index is 0.203. The Morgan fingerprint density at radius 3 is 2.38 bits per heavy atom. The summed E-state index contributed by atoms with van der Waals surface area (Å²) in [5.41, 5.74) is 1.78. The predicted molar refractivity (Wildman–Crippen MR) is 112 cm³/mol. The van der Waals surface area contributed by atoms with Crippen molar-refractivity contribution in [1.82, 2.24) is 4.72 Å². The van der Waals surface area contributed by atoms with Crippen molar-refractivity contribution in [3.63, 3.8) is 0 Å². The molecule has 0 unspecified atom stereocenters. The monoisotopic (exact) mass is 416 g/mol. The standard InChI is InChI=1S/C21H24N2O5S/c1-3-4-15-22-29(26,27)19-8-6-5-7-18(19)16-9-11-17(12-10-16)23-20(24)13-14-21(25)28-2/h5-14,22H,3-4,15H2,1-2H3,(H,23,24)/b14-13+. The Bertz CT molecular complexity index is 982. The molecular weight excluding hydrogens is 392 g/mol. The maximum atomic E-state index is 12.7. The fourth-order valence-electron chi connectivity index (χ4n) is 2.53. The fraction of sp³-hybridized carbons (Fsp3) is 0.238. The molecule has 0 fully saturated rings. The van der Waals surface area contributed by atoms with E-state index in [0.717, 1.165) is 25.0 Å². The second-order valence-electron chi connectivity index (χ2n) is 6.17. The summed E-state index contributed by atoms with van der Waals surface area (Å²) in [6, 6.07) is 13.5. The molecule has 0 radical (unpaired) electrons. The molecular formula is C21H24N2O5S. The van der Waals surface area contributed by atoms with Crippen LogP contribution in [0.25, 0.3) is 11.1 Å². The highest BCUT2D eigenvalue weighted by Crippen LogP contribution is 2.28. The van der Waals surface area contributed by atoms with Crippen LogP contribution in [0.1, 0.15) is 19.8 Å². The molecule has 0 atom stereocenters. The molecule has 0 aliphatic rings. The number of sulfonamides is 1. The van der Waals surface area contributed by atoms with Gasteiger partial charge in [-0.15, -0.1) is 0 Å². The van der Waals surface area contributed by atoms with Gasteiger partial charge in [0, 0.05) is 29.9 Å². The van der Waals surface area contributed by atoms with Gasteiger partial charge in [0.2, 0.25) is 15.9 Å². The molecule has 1 amide bonds. The van der Waals surface area contributed by atoms with Crippen LogP contribution in [-0.4, -0.2) is 33.9 Å². The number of methoxy groups -OCH3 is 1. The SMILES string of the molecule is CCCCNS(=O)(=O)c1ccccc1-c1ccc(NC(=O)/C=C/C(=O)OC)cc1. The number of amides is 1. The summed E-state index contributed by atoms with van der Waals surface area (Å²) in [4.78, 5) is 23.0. The van der Waals surface area contributed by atoms with E-state index in [-0.39, 0.29) is 4.90 Å². The van der Waals surface area contributed by atoms with Gasteiger partial charge >= 0.3 is 5.97 Å². The van der Waals surface area contributed by atoms with Crippen LogP contribution in [0, 0.1) is 0 Å². The highest BCUT2D eigenvalue weighted by Gasteiger charge is 2.18. The lowest BCUT2D eigenvalue weighted by Gasteiger charge is -2.12. The summed E-state index contributed by atoms with van der Waals surface area (Å²) in [7, 11) is -2.41. The minimum Gasteiger partial charge on any atom is -0.466 e. The van der Waals surface area contributed by atoms with E-state index in [0.29, 0.717) is 23.4 Å². The zero-order valence-corrected chi connectivity index (χ0v) is 17.2. The zero-order chi connectivity index (χ0) is 21.3. The van der Waals surface area contributed by atoms with Crippen LogP contribution in [0.15, 0.2) is 65.6 Å². The third-order valence-corrected chi connectivity index (χ3v) is 5.55. The highest BCUT2D eigenvalue weighted by atomic mass is 32.2. The van der Waals surface area contributed by atoms with Crippen molar-refractivity contribution >= 4 is 27.6 Å². The molecule has 0 bridgehead atoms. The van der Waals surface area contributed by atoms with Crippen molar-refractivity contribution in [3.05, 3.63) is 60.7 Å². The topological polar surface area (TPSA) is 102 Å². The van der Waals surface area contributed by atoms with Gasteiger partial charge in [-0.25, -0.2) is 17.9 Å². The van der Waals surface area contributed by atoms with Gasteiger partial charge in [0.15, 0.2) is 0 Å². The third-order valence-electron chi connectivity index (χ3n) is 4.03. The van der Waals surface area contributed by atoms with E-state index in [9.17, 15) is 18.0 Å². The van der Waals surface area contributed by atoms with E-state index in [2.05, 4.69) is 14.8 Å². The number of rotatable bonds is 9. The van der Waals surface area contributed by atoms with Gasteiger partial charge in [-0.1, -0.05) is 43.7 Å². The molecule has 7 nitrogen and oxygen atoms in total. The van der Waals surface area contributed by atoms with Gasteiger partial charge < -0.3 is 10.1 Å². The van der Waals surface area contributed by atoms with Gasteiger partial charge in [-0.3, -0.25) is 4.79 Å². The van der Waals surface area contributed by atoms with E-state index in [1.807, 2.05) is 6.92 Å². The number of carbonyl (C=O) groups excluding carboxylic acids is 2. The lowest BCUT2D eigenvalue weighted by molar-refractivity contribution is -0.135. The van der Waals surface area contributed by atoms with Crippen LogP contribution in [0.2, 0.25) is 0 Å². The van der Waals surface area contributed by atoms with Gasteiger partial charge in [0.05, 0.1) is 12.0 Å². The number of hydrogen-bond donors (Lipinski definition) is 2. The number of nitrogens with one attached hydrogen (secondary N) is 2. The summed E-state index contributed by atoms with van der Waals surface area (Å²) in [5.74, 6) is -1.10. The zero-order valence-electron chi connectivity index (χ0n) is 16.3. The second kappa shape index (κ2) is 10.5. The number of unbranched alkanes of at least 4 members (excludes halogenated alkanes) is 1. The Morgan fingerprint density at radius 2 is 1.72 bits per heavy atom. The maximum Gasteiger partial charge on any atom is 0.330 e. The van der Waals surface area contributed by atoms with Crippen LogP contribution < -0.4 is 10.0 Å². The number of hydrogen-bond acceptors (Lipinski definition) is 5. The van der Waals surface area contributed by atoms with Crippen molar-refractivity contribution < 1.29 is 22.7 Å². The van der Waals surface area contributed by atoms with E-state index in [1.54, 1.807) is 48.5 Å². The van der Waals surface area contributed by atoms with Crippen molar-refractivity contribution in [3.8, 4) is 11.1 Å². The Balaban J connectivity index is 2.19. The lowest BCUT2D eigenvalue weighted by Crippen LogP contribution is -2.25. The van der Waals surface area contributed by atoms with E-state index in [1.165, 1.54) is 7.11 Å². The molecule has 154 valence electrons. The smallest absolute Gasteiger partial charge is 0.330 e. The molecule has 0 spiro atoms. The largest absolute Gasteiger partial charge is 0.466 e. The summed E-state index contributed by atoms with van der Waals surface area (Å²) in [6.45, 7) is 2.38. The predicted octanol–water partition coefficient (Wildman–Crippen LogP) is 3.10. The fourth-order valence-corrected chi connectivity index (χ4v) is 3.83. The van der Waals surface area contributed by atoms with Gasteiger partial charge in [0.25, 0.3) is 0 Å². The number of carbonyl (C=O) groups is 2. The molecule has 2 N–H and O–H groups in total. The van der Waals surface area contributed by atoms with Crippen molar-refractivity contribution in [1.29, 1.82) is 0 Å². The van der Waals surface area contributed by atoms with Crippen molar-refractivity contribution in [2.45, 2.75) is 24.7 Å². The average Bonchev–Trinajstić information content (AvgIpc) is 2.72. The molecule has 2 aromatic rings. The maximum absolute atomic E-state index is 12.7. The van der Waals surface area contributed by atoms with Crippen LogP contribution in [0.3, 0.4) is 0 Å². The number of ether oxygens (including phenoxy) is 1. The molecule has 0 saturated heterocycles. The summed E-state index contributed by atoms with van der Waals surface area (Å²) < 4.78 is 32.4. The van der Waals surface area contributed by atoms with E-state index >= 15 is 0 Å². The van der Waals surface area contributed by atoms with Crippen molar-refractivity contribution in [2.24, 2.45) is 0 Å².